The number of phenols is 1. The van der Waals surface area contributed by atoms with Crippen molar-refractivity contribution in [3.05, 3.63) is 28.8 Å². The van der Waals surface area contributed by atoms with Gasteiger partial charge in [0.25, 0.3) is 0 Å². The van der Waals surface area contributed by atoms with Crippen LogP contribution in [0.4, 0.5) is 0 Å². The summed E-state index contributed by atoms with van der Waals surface area (Å²) < 4.78 is 0. The molecule has 0 radical (unpaired) electrons. The van der Waals surface area contributed by atoms with Gasteiger partial charge in [-0.25, -0.2) is 4.79 Å². The number of rotatable bonds is 0. The maximum Gasteiger partial charge on any atom is 0.382 e. The highest BCUT2D eigenvalue weighted by Gasteiger charge is 2.02. The maximum absolute atomic E-state index is 10.2. The first-order valence-electron chi connectivity index (χ1n) is 4.06. The molecule has 2 N–H and O–H groups in total. The van der Waals surface area contributed by atoms with E-state index in [4.69, 9.17) is 5.11 Å². The molecule has 0 atom stereocenters. The first kappa shape index (κ1) is 10.1. The van der Waals surface area contributed by atoms with Crippen LogP contribution in [0.5, 0.6) is 5.75 Å². The van der Waals surface area contributed by atoms with Gasteiger partial charge in [0.1, 0.15) is 5.75 Å². The molecule has 1 aromatic rings. The van der Waals surface area contributed by atoms with Crippen molar-refractivity contribution in [2.45, 2.75) is 13.8 Å². The van der Waals surface area contributed by atoms with Crippen LogP contribution in [0.2, 0.25) is 0 Å². The number of carboxylic acids is 1. The van der Waals surface area contributed by atoms with E-state index in [2.05, 4.69) is 5.92 Å². The predicted molar refractivity (Wildman–Crippen MR) is 52.1 cm³/mol. The summed E-state index contributed by atoms with van der Waals surface area (Å²) >= 11 is 0. The lowest BCUT2D eigenvalue weighted by Gasteiger charge is -2.02. The Morgan fingerprint density at radius 3 is 2.50 bits per heavy atom. The van der Waals surface area contributed by atoms with Crippen LogP contribution in [0.25, 0.3) is 0 Å². The van der Waals surface area contributed by atoms with E-state index in [1.165, 1.54) is 0 Å². The molecule has 3 heteroatoms. The molecule has 3 nitrogen and oxygen atoms in total. The molecule has 72 valence electrons. The first-order chi connectivity index (χ1) is 6.50. The third-order valence-corrected chi connectivity index (χ3v) is 1.75. The molecule has 0 bridgehead atoms. The largest absolute Gasteiger partial charge is 0.507 e. The van der Waals surface area contributed by atoms with Crippen molar-refractivity contribution < 1.29 is 15.0 Å². The summed E-state index contributed by atoms with van der Waals surface area (Å²) in [5, 5.41) is 17.8. The summed E-state index contributed by atoms with van der Waals surface area (Å²) in [5.74, 6) is 3.20. The highest BCUT2D eigenvalue weighted by Crippen LogP contribution is 2.21. The molecule has 1 aromatic carbocycles. The number of hydrogen-bond donors (Lipinski definition) is 2. The van der Waals surface area contributed by atoms with E-state index < -0.39 is 5.97 Å². The Morgan fingerprint density at radius 2 is 2.00 bits per heavy atom. The summed E-state index contributed by atoms with van der Waals surface area (Å²) in [5.41, 5.74) is 2.06. The first-order valence-corrected chi connectivity index (χ1v) is 4.06. The van der Waals surface area contributed by atoms with Crippen molar-refractivity contribution >= 4 is 5.97 Å². The van der Waals surface area contributed by atoms with Crippen LogP contribution in [0.1, 0.15) is 16.7 Å². The number of aryl methyl sites for hydroxylation is 2. The van der Waals surface area contributed by atoms with Gasteiger partial charge in [0.05, 0.1) is 5.56 Å². The molecule has 14 heavy (non-hydrogen) atoms. The molecule has 0 unspecified atom stereocenters. The van der Waals surface area contributed by atoms with E-state index in [-0.39, 0.29) is 5.75 Å². The van der Waals surface area contributed by atoms with Crippen molar-refractivity contribution in [3.63, 3.8) is 0 Å². The minimum absolute atomic E-state index is 0.0243. The average Bonchev–Trinajstić information content (AvgIpc) is 2.01. The highest BCUT2D eigenvalue weighted by atomic mass is 16.4. The zero-order valence-electron chi connectivity index (χ0n) is 7.96. The zero-order valence-corrected chi connectivity index (χ0v) is 7.96. The van der Waals surface area contributed by atoms with Gasteiger partial charge in [0, 0.05) is 5.92 Å². The van der Waals surface area contributed by atoms with Crippen LogP contribution in [0.3, 0.4) is 0 Å². The van der Waals surface area contributed by atoms with E-state index in [9.17, 15) is 9.90 Å². The van der Waals surface area contributed by atoms with Crippen LogP contribution in [0.15, 0.2) is 12.1 Å². The maximum atomic E-state index is 10.2. The smallest absolute Gasteiger partial charge is 0.382 e. The Kier molecular flexibility index (Phi) is 2.78. The number of aromatic hydroxyl groups is 1. The standard InChI is InChI=1S/C11H10O3/c1-7-5-8(2)9(10(12)6-7)3-4-11(13)14/h5-6,12H,1-2H3,(H,13,14). The number of carbonyl (C=O) groups is 1. The van der Waals surface area contributed by atoms with Crippen molar-refractivity contribution in [1.29, 1.82) is 0 Å². The summed E-state index contributed by atoms with van der Waals surface area (Å²) in [4.78, 5) is 10.2. The second-order valence-electron chi connectivity index (χ2n) is 3.03. The minimum Gasteiger partial charge on any atom is -0.507 e. The third kappa shape index (κ3) is 2.27. The van der Waals surface area contributed by atoms with Crippen molar-refractivity contribution in [3.8, 4) is 17.6 Å². The monoisotopic (exact) mass is 190 g/mol. The van der Waals surface area contributed by atoms with Crippen LogP contribution in [0, 0.1) is 25.7 Å². The lowest BCUT2D eigenvalue weighted by Crippen LogP contribution is -1.90. The van der Waals surface area contributed by atoms with E-state index in [1.807, 2.05) is 18.9 Å². The van der Waals surface area contributed by atoms with Gasteiger partial charge in [-0.2, -0.15) is 0 Å². The normalized spacial score (nSPS) is 9.00. The average molecular weight is 190 g/mol. The molecular formula is C11H10O3. The molecule has 0 aliphatic carbocycles. The van der Waals surface area contributed by atoms with Gasteiger partial charge in [-0.1, -0.05) is 12.0 Å². The zero-order chi connectivity index (χ0) is 10.7. The molecule has 0 saturated carbocycles. The summed E-state index contributed by atoms with van der Waals surface area (Å²) in [6, 6.07) is 3.39. The van der Waals surface area contributed by atoms with Gasteiger partial charge in [0.15, 0.2) is 0 Å². The molecule has 0 aromatic heterocycles. The molecular weight excluding hydrogens is 180 g/mol. The van der Waals surface area contributed by atoms with E-state index in [0.29, 0.717) is 5.56 Å². The molecule has 0 aliphatic heterocycles. The Labute approximate surface area is 82.0 Å². The van der Waals surface area contributed by atoms with Crippen LogP contribution >= 0.6 is 0 Å². The van der Waals surface area contributed by atoms with Gasteiger partial charge in [-0.3, -0.25) is 0 Å². The minimum atomic E-state index is -1.20. The van der Waals surface area contributed by atoms with E-state index in [1.54, 1.807) is 13.0 Å². The fourth-order valence-electron chi connectivity index (χ4n) is 1.22. The van der Waals surface area contributed by atoms with Crippen molar-refractivity contribution in [2.75, 3.05) is 0 Å². The lowest BCUT2D eigenvalue weighted by atomic mass is 10.0. The van der Waals surface area contributed by atoms with Crippen LogP contribution < -0.4 is 0 Å². The van der Waals surface area contributed by atoms with Crippen LogP contribution in [-0.4, -0.2) is 16.2 Å². The number of phenolic OH excluding ortho intramolecular Hbond substituents is 1. The second kappa shape index (κ2) is 3.84. The van der Waals surface area contributed by atoms with Crippen LogP contribution in [-0.2, 0) is 4.79 Å². The topological polar surface area (TPSA) is 57.5 Å². The van der Waals surface area contributed by atoms with Gasteiger partial charge in [-0.05, 0) is 31.0 Å². The summed E-state index contributed by atoms with van der Waals surface area (Å²) in [7, 11) is 0. The molecule has 0 saturated heterocycles. The SMILES string of the molecule is Cc1cc(C)c(C#CC(=O)O)c(O)c1. The van der Waals surface area contributed by atoms with Crippen molar-refractivity contribution in [2.24, 2.45) is 0 Å². The van der Waals surface area contributed by atoms with E-state index >= 15 is 0 Å². The van der Waals surface area contributed by atoms with Gasteiger partial charge in [-0.15, -0.1) is 0 Å². The Bertz CT molecular complexity index is 413. The summed E-state index contributed by atoms with van der Waals surface area (Å²) in [6.45, 7) is 3.62. The number of benzene rings is 1. The molecule has 0 spiro atoms. The van der Waals surface area contributed by atoms with Gasteiger partial charge in [0.2, 0.25) is 0 Å². The number of hydrogen-bond acceptors (Lipinski definition) is 2. The number of carboxylic acid groups (broad SMARTS) is 1. The lowest BCUT2D eigenvalue weighted by molar-refractivity contribution is -0.130. The van der Waals surface area contributed by atoms with Gasteiger partial charge < -0.3 is 10.2 Å². The Morgan fingerprint density at radius 1 is 1.36 bits per heavy atom. The molecule has 0 aliphatic rings. The molecule has 1 rings (SSSR count). The third-order valence-electron chi connectivity index (χ3n) is 1.75. The Hall–Kier alpha value is -1.95. The fourth-order valence-corrected chi connectivity index (χ4v) is 1.22. The van der Waals surface area contributed by atoms with Gasteiger partial charge >= 0.3 is 5.97 Å². The second-order valence-corrected chi connectivity index (χ2v) is 3.03. The predicted octanol–water partition coefficient (Wildman–Crippen LogP) is 1.45. The van der Waals surface area contributed by atoms with Crippen molar-refractivity contribution in [1.82, 2.24) is 0 Å². The fraction of sp³-hybridized carbons (Fsp3) is 0.182. The molecule has 0 amide bonds. The quantitative estimate of drug-likeness (QED) is 0.609. The summed E-state index contributed by atoms with van der Waals surface area (Å²) in [6.07, 6.45) is 0. The highest BCUT2D eigenvalue weighted by molar-refractivity contribution is 5.87. The number of aliphatic carboxylic acids is 1. The van der Waals surface area contributed by atoms with E-state index in [0.717, 1.165) is 11.1 Å². The molecule has 0 heterocycles. The molecule has 0 fully saturated rings. The Balaban J connectivity index is 3.24.